The molecule has 0 spiro atoms. The molecule has 5 heteroatoms. The molecule has 15 heavy (non-hydrogen) atoms. The smallest absolute Gasteiger partial charge is 0.298 e. The number of hydrogen-bond acceptors (Lipinski definition) is 2. The summed E-state index contributed by atoms with van der Waals surface area (Å²) in [6, 6.07) is 1.23. The second kappa shape index (κ2) is 4.23. The monoisotopic (exact) mass is 230 g/mol. The Balaban J connectivity index is 3.51. The van der Waals surface area contributed by atoms with Crippen molar-refractivity contribution in [2.45, 2.75) is 39.2 Å². The standard InChI is InChI=1S/C10H15ClN2O2/c1-4-10(3,5-2)13-8(14)6-7(11)12-9(13)15/h6H,4-5H2,1-3H3,(H,12,15). The first kappa shape index (κ1) is 12.0. The molecule has 1 heterocycles. The largest absolute Gasteiger partial charge is 0.329 e. The van der Waals surface area contributed by atoms with Gasteiger partial charge in [-0.15, -0.1) is 0 Å². The highest BCUT2D eigenvalue weighted by atomic mass is 35.5. The van der Waals surface area contributed by atoms with Crippen LogP contribution in [-0.2, 0) is 5.54 Å². The number of aromatic nitrogens is 2. The molecule has 0 aliphatic carbocycles. The molecule has 4 nitrogen and oxygen atoms in total. The fourth-order valence-corrected chi connectivity index (χ4v) is 1.72. The maximum absolute atomic E-state index is 11.7. The molecular formula is C10H15ClN2O2. The lowest BCUT2D eigenvalue weighted by Crippen LogP contribution is -2.47. The van der Waals surface area contributed by atoms with Gasteiger partial charge in [0.15, 0.2) is 0 Å². The number of H-pyrrole nitrogens is 1. The van der Waals surface area contributed by atoms with Crippen LogP contribution in [0.25, 0.3) is 0 Å². The first-order valence-electron chi connectivity index (χ1n) is 4.97. The van der Waals surface area contributed by atoms with Crippen molar-refractivity contribution in [3.05, 3.63) is 32.1 Å². The van der Waals surface area contributed by atoms with Crippen molar-refractivity contribution in [2.75, 3.05) is 0 Å². The molecule has 0 aromatic carbocycles. The zero-order valence-electron chi connectivity index (χ0n) is 9.13. The zero-order chi connectivity index (χ0) is 11.6. The summed E-state index contributed by atoms with van der Waals surface area (Å²) in [6.45, 7) is 5.78. The molecule has 0 fully saturated rings. The van der Waals surface area contributed by atoms with E-state index in [-0.39, 0.29) is 10.7 Å². The molecule has 84 valence electrons. The highest BCUT2D eigenvalue weighted by Crippen LogP contribution is 2.20. The number of aromatic amines is 1. The molecule has 0 bridgehead atoms. The fraction of sp³-hybridized carbons (Fsp3) is 0.600. The van der Waals surface area contributed by atoms with E-state index in [1.165, 1.54) is 10.6 Å². The van der Waals surface area contributed by atoms with Gasteiger partial charge in [-0.3, -0.25) is 14.3 Å². The summed E-state index contributed by atoms with van der Waals surface area (Å²) in [6.07, 6.45) is 1.43. The molecule has 1 aromatic heterocycles. The van der Waals surface area contributed by atoms with E-state index < -0.39 is 11.2 Å². The predicted octanol–water partition coefficient (Wildman–Crippen LogP) is 1.73. The van der Waals surface area contributed by atoms with Crippen LogP contribution in [0.5, 0.6) is 0 Å². The van der Waals surface area contributed by atoms with E-state index in [0.29, 0.717) is 12.8 Å². The summed E-state index contributed by atoms with van der Waals surface area (Å²) in [5.41, 5.74) is -1.25. The predicted molar refractivity (Wildman–Crippen MR) is 60.6 cm³/mol. The normalized spacial score (nSPS) is 11.7. The number of hydrogen-bond donors (Lipinski definition) is 1. The molecule has 1 N–H and O–H groups in total. The van der Waals surface area contributed by atoms with Gasteiger partial charge in [0.1, 0.15) is 5.15 Å². The molecule has 0 saturated heterocycles. The Hall–Kier alpha value is -1.03. The van der Waals surface area contributed by atoms with Crippen LogP contribution in [0.2, 0.25) is 5.15 Å². The Labute approximate surface area is 92.9 Å². The summed E-state index contributed by atoms with van der Waals surface area (Å²) in [5, 5.41) is 0.0795. The first-order chi connectivity index (χ1) is 6.94. The summed E-state index contributed by atoms with van der Waals surface area (Å²) in [4.78, 5) is 25.8. The molecule has 0 saturated carbocycles. The van der Waals surface area contributed by atoms with Crippen LogP contribution < -0.4 is 11.2 Å². The second-order valence-electron chi connectivity index (χ2n) is 3.80. The third-order valence-corrected chi connectivity index (χ3v) is 3.17. The quantitative estimate of drug-likeness (QED) is 0.804. The Bertz CT molecular complexity index is 426. The molecule has 0 aliphatic heterocycles. The highest BCUT2D eigenvalue weighted by Gasteiger charge is 2.25. The molecule has 0 radical (unpaired) electrons. The Morgan fingerprint density at radius 1 is 1.40 bits per heavy atom. The summed E-state index contributed by atoms with van der Waals surface area (Å²) >= 11 is 5.59. The van der Waals surface area contributed by atoms with Gasteiger partial charge < -0.3 is 0 Å². The SMILES string of the molecule is CCC(C)(CC)n1c(=O)cc(Cl)[nH]c1=O. The van der Waals surface area contributed by atoms with Gasteiger partial charge in [-0.2, -0.15) is 0 Å². The second-order valence-corrected chi connectivity index (χ2v) is 4.21. The van der Waals surface area contributed by atoms with Crippen molar-refractivity contribution < 1.29 is 0 Å². The van der Waals surface area contributed by atoms with Gasteiger partial charge in [0, 0.05) is 11.6 Å². The summed E-state index contributed by atoms with van der Waals surface area (Å²) in [7, 11) is 0. The van der Waals surface area contributed by atoms with Crippen LogP contribution in [0.15, 0.2) is 15.7 Å². The van der Waals surface area contributed by atoms with Gasteiger partial charge in [-0.1, -0.05) is 25.4 Å². The maximum atomic E-state index is 11.7. The minimum atomic E-state index is -0.449. The van der Waals surface area contributed by atoms with Gasteiger partial charge >= 0.3 is 5.69 Å². The lowest BCUT2D eigenvalue weighted by molar-refractivity contribution is 0.273. The molecule has 0 atom stereocenters. The summed E-state index contributed by atoms with van der Waals surface area (Å²) < 4.78 is 1.23. The number of nitrogens with zero attached hydrogens (tertiary/aromatic N) is 1. The molecule has 0 unspecified atom stereocenters. The van der Waals surface area contributed by atoms with Crippen molar-refractivity contribution in [3.8, 4) is 0 Å². The van der Waals surface area contributed by atoms with Crippen LogP contribution in [-0.4, -0.2) is 9.55 Å². The average molecular weight is 231 g/mol. The van der Waals surface area contributed by atoms with E-state index in [4.69, 9.17) is 11.6 Å². The highest BCUT2D eigenvalue weighted by molar-refractivity contribution is 6.29. The van der Waals surface area contributed by atoms with Gasteiger partial charge in [0.05, 0.1) is 0 Å². The van der Waals surface area contributed by atoms with Crippen molar-refractivity contribution in [3.63, 3.8) is 0 Å². The van der Waals surface area contributed by atoms with E-state index in [1.807, 2.05) is 20.8 Å². The van der Waals surface area contributed by atoms with Crippen molar-refractivity contribution in [1.29, 1.82) is 0 Å². The first-order valence-corrected chi connectivity index (χ1v) is 5.34. The van der Waals surface area contributed by atoms with Crippen LogP contribution in [0, 0.1) is 0 Å². The lowest BCUT2D eigenvalue weighted by Gasteiger charge is -2.28. The summed E-state index contributed by atoms with van der Waals surface area (Å²) in [5.74, 6) is 0. The van der Waals surface area contributed by atoms with Crippen LogP contribution in [0.4, 0.5) is 0 Å². The third kappa shape index (κ3) is 2.15. The Kier molecular flexibility index (Phi) is 3.39. The zero-order valence-corrected chi connectivity index (χ0v) is 9.89. The van der Waals surface area contributed by atoms with E-state index in [9.17, 15) is 9.59 Å². The van der Waals surface area contributed by atoms with Gasteiger partial charge in [-0.05, 0) is 19.8 Å². The van der Waals surface area contributed by atoms with Crippen LogP contribution >= 0.6 is 11.6 Å². The minimum absolute atomic E-state index is 0.0795. The van der Waals surface area contributed by atoms with Crippen molar-refractivity contribution in [1.82, 2.24) is 9.55 Å². The van der Waals surface area contributed by atoms with Gasteiger partial charge in [0.25, 0.3) is 5.56 Å². The number of halogens is 1. The van der Waals surface area contributed by atoms with Crippen LogP contribution in [0.3, 0.4) is 0 Å². The molecular weight excluding hydrogens is 216 g/mol. The Morgan fingerprint density at radius 3 is 2.33 bits per heavy atom. The maximum Gasteiger partial charge on any atom is 0.329 e. The van der Waals surface area contributed by atoms with E-state index in [1.54, 1.807) is 0 Å². The lowest BCUT2D eigenvalue weighted by atomic mass is 9.95. The fourth-order valence-electron chi connectivity index (χ4n) is 1.54. The number of nitrogens with one attached hydrogen (secondary N) is 1. The molecule has 1 aromatic rings. The van der Waals surface area contributed by atoms with Gasteiger partial charge in [0.2, 0.25) is 0 Å². The van der Waals surface area contributed by atoms with Crippen molar-refractivity contribution in [2.24, 2.45) is 0 Å². The Morgan fingerprint density at radius 2 is 1.93 bits per heavy atom. The topological polar surface area (TPSA) is 54.9 Å². The average Bonchev–Trinajstić information content (AvgIpc) is 2.15. The van der Waals surface area contributed by atoms with Gasteiger partial charge in [-0.25, -0.2) is 4.79 Å². The number of rotatable bonds is 3. The van der Waals surface area contributed by atoms with E-state index >= 15 is 0 Å². The molecule has 0 amide bonds. The molecule has 0 aliphatic rings. The minimum Gasteiger partial charge on any atom is -0.298 e. The van der Waals surface area contributed by atoms with E-state index in [0.717, 1.165) is 0 Å². The van der Waals surface area contributed by atoms with E-state index in [2.05, 4.69) is 4.98 Å². The molecule has 1 rings (SSSR count). The van der Waals surface area contributed by atoms with Crippen molar-refractivity contribution >= 4 is 11.6 Å². The van der Waals surface area contributed by atoms with Crippen LogP contribution in [0.1, 0.15) is 33.6 Å². The third-order valence-electron chi connectivity index (χ3n) is 2.96.